The van der Waals surface area contributed by atoms with Crippen molar-refractivity contribution in [3.63, 3.8) is 0 Å². The Morgan fingerprint density at radius 3 is 2.00 bits per heavy atom. The molecule has 0 aliphatic heterocycles. The normalized spacial score (nSPS) is 17.6. The third-order valence-electron chi connectivity index (χ3n) is 3.45. The summed E-state index contributed by atoms with van der Waals surface area (Å²) in [5.41, 5.74) is 0.400. The number of hydrogen-bond acceptors (Lipinski definition) is 2. The highest BCUT2D eigenvalue weighted by molar-refractivity contribution is 6.29. The molecular weight excluding hydrogens is 200 g/mol. The molecule has 0 bridgehead atoms. The maximum atomic E-state index is 12.2. The lowest BCUT2D eigenvalue weighted by Gasteiger charge is -2.19. The van der Waals surface area contributed by atoms with E-state index in [1.807, 2.05) is 12.1 Å². The Morgan fingerprint density at radius 2 is 1.56 bits per heavy atom. The van der Waals surface area contributed by atoms with Crippen LogP contribution in [0, 0.1) is 5.41 Å². The van der Waals surface area contributed by atoms with Crippen LogP contribution in [-0.4, -0.2) is 11.6 Å². The quantitative estimate of drug-likeness (QED) is 0.727. The highest BCUT2D eigenvalue weighted by Gasteiger charge is 2.48. The van der Waals surface area contributed by atoms with Crippen LogP contribution in [0.5, 0.6) is 0 Å². The van der Waals surface area contributed by atoms with E-state index in [0.29, 0.717) is 17.5 Å². The van der Waals surface area contributed by atoms with Crippen molar-refractivity contribution in [1.82, 2.24) is 0 Å². The fraction of sp³-hybridized carbons (Fsp3) is 0.429. The van der Waals surface area contributed by atoms with Gasteiger partial charge in [-0.25, -0.2) is 0 Å². The fourth-order valence-electron chi connectivity index (χ4n) is 2.33. The number of benzene rings is 1. The molecule has 0 saturated carbocycles. The Kier molecular flexibility index (Phi) is 2.66. The SMILES string of the molecule is CCCCC1(C)C(=O)c2ccccc2C1=O. The van der Waals surface area contributed by atoms with Crippen molar-refractivity contribution in [3.05, 3.63) is 35.4 Å². The van der Waals surface area contributed by atoms with Gasteiger partial charge in [-0.1, -0.05) is 44.0 Å². The van der Waals surface area contributed by atoms with Crippen molar-refractivity contribution < 1.29 is 9.59 Å². The van der Waals surface area contributed by atoms with Crippen molar-refractivity contribution in [2.75, 3.05) is 0 Å². The summed E-state index contributed by atoms with van der Waals surface area (Å²) in [6, 6.07) is 7.14. The van der Waals surface area contributed by atoms with Gasteiger partial charge >= 0.3 is 0 Å². The van der Waals surface area contributed by atoms with Gasteiger partial charge in [0.05, 0.1) is 5.41 Å². The van der Waals surface area contributed by atoms with Gasteiger partial charge in [-0.15, -0.1) is 0 Å². The second-order valence-corrected chi connectivity index (χ2v) is 4.64. The van der Waals surface area contributed by atoms with Gasteiger partial charge in [0, 0.05) is 11.1 Å². The fourth-order valence-corrected chi connectivity index (χ4v) is 2.33. The molecule has 1 aliphatic carbocycles. The Morgan fingerprint density at radius 1 is 1.06 bits per heavy atom. The van der Waals surface area contributed by atoms with E-state index in [4.69, 9.17) is 0 Å². The van der Waals surface area contributed by atoms with Crippen LogP contribution < -0.4 is 0 Å². The molecule has 0 unspecified atom stereocenters. The van der Waals surface area contributed by atoms with Crippen LogP contribution in [0.1, 0.15) is 53.8 Å². The summed E-state index contributed by atoms with van der Waals surface area (Å²) in [6.07, 6.45) is 2.59. The molecule has 1 aliphatic rings. The number of fused-ring (bicyclic) bond motifs is 1. The predicted octanol–water partition coefficient (Wildman–Crippen LogP) is 3.26. The first-order valence-electron chi connectivity index (χ1n) is 5.80. The Bertz CT molecular complexity index is 411. The molecule has 1 aromatic carbocycles. The maximum Gasteiger partial charge on any atom is 0.177 e. The van der Waals surface area contributed by atoms with Crippen molar-refractivity contribution in [2.45, 2.75) is 33.1 Å². The van der Waals surface area contributed by atoms with E-state index in [1.54, 1.807) is 19.1 Å². The number of hydrogen-bond donors (Lipinski definition) is 0. The zero-order chi connectivity index (χ0) is 11.8. The molecule has 2 rings (SSSR count). The first-order chi connectivity index (χ1) is 7.61. The van der Waals surface area contributed by atoms with Crippen LogP contribution >= 0.6 is 0 Å². The third kappa shape index (κ3) is 1.41. The molecule has 0 heterocycles. The molecule has 0 saturated heterocycles. The van der Waals surface area contributed by atoms with Crippen LogP contribution in [0.15, 0.2) is 24.3 Å². The number of ketones is 2. The summed E-state index contributed by atoms with van der Waals surface area (Å²) in [5, 5.41) is 0. The largest absolute Gasteiger partial charge is 0.293 e. The second kappa shape index (κ2) is 3.85. The van der Waals surface area contributed by atoms with E-state index in [0.717, 1.165) is 12.8 Å². The molecule has 0 fully saturated rings. The molecule has 0 radical (unpaired) electrons. The molecule has 0 atom stereocenters. The van der Waals surface area contributed by atoms with Gasteiger partial charge in [0.1, 0.15) is 0 Å². The summed E-state index contributed by atoms with van der Waals surface area (Å²) in [4.78, 5) is 24.4. The molecule has 0 N–H and O–H groups in total. The summed E-state index contributed by atoms with van der Waals surface area (Å²) >= 11 is 0. The standard InChI is InChI=1S/C14H16O2/c1-3-4-9-14(2)12(15)10-7-5-6-8-11(10)13(14)16/h5-8H,3-4,9H2,1-2H3. The van der Waals surface area contributed by atoms with Gasteiger partial charge in [-0.05, 0) is 13.3 Å². The Balaban J connectivity index is 2.41. The van der Waals surface area contributed by atoms with Gasteiger partial charge in [-0.2, -0.15) is 0 Å². The minimum atomic E-state index is -0.806. The van der Waals surface area contributed by atoms with Crippen LogP contribution in [0.4, 0.5) is 0 Å². The van der Waals surface area contributed by atoms with Gasteiger partial charge in [0.25, 0.3) is 0 Å². The van der Waals surface area contributed by atoms with Crippen molar-refractivity contribution in [3.8, 4) is 0 Å². The van der Waals surface area contributed by atoms with E-state index < -0.39 is 5.41 Å². The van der Waals surface area contributed by atoms with Gasteiger partial charge in [0.2, 0.25) is 0 Å². The lowest BCUT2D eigenvalue weighted by Crippen LogP contribution is -2.29. The topological polar surface area (TPSA) is 34.1 Å². The molecule has 2 nitrogen and oxygen atoms in total. The van der Waals surface area contributed by atoms with E-state index in [1.165, 1.54) is 0 Å². The highest BCUT2D eigenvalue weighted by Crippen LogP contribution is 2.40. The monoisotopic (exact) mass is 216 g/mol. The molecule has 1 aromatic rings. The molecule has 0 amide bonds. The molecule has 84 valence electrons. The molecule has 0 spiro atoms. The van der Waals surface area contributed by atoms with E-state index in [-0.39, 0.29) is 11.6 Å². The smallest absolute Gasteiger partial charge is 0.177 e. The van der Waals surface area contributed by atoms with Crippen molar-refractivity contribution in [2.24, 2.45) is 5.41 Å². The van der Waals surface area contributed by atoms with Crippen LogP contribution in [0.2, 0.25) is 0 Å². The van der Waals surface area contributed by atoms with Crippen LogP contribution in [0.3, 0.4) is 0 Å². The molecule has 2 heteroatoms. The van der Waals surface area contributed by atoms with Crippen molar-refractivity contribution >= 4 is 11.6 Å². The zero-order valence-electron chi connectivity index (χ0n) is 9.75. The average Bonchev–Trinajstić information content (AvgIpc) is 2.51. The first kappa shape index (κ1) is 11.1. The van der Waals surface area contributed by atoms with Crippen LogP contribution in [0.25, 0.3) is 0 Å². The lowest BCUT2D eigenvalue weighted by atomic mass is 9.80. The Hall–Kier alpha value is -1.44. The molecular formula is C14H16O2. The Labute approximate surface area is 95.7 Å². The van der Waals surface area contributed by atoms with E-state index in [2.05, 4.69) is 6.92 Å². The second-order valence-electron chi connectivity index (χ2n) is 4.64. The average molecular weight is 216 g/mol. The number of Topliss-reactive ketones (excluding diaryl/α,β-unsaturated/α-hetero) is 2. The van der Waals surface area contributed by atoms with Crippen LogP contribution in [-0.2, 0) is 0 Å². The molecule has 0 aromatic heterocycles. The first-order valence-corrected chi connectivity index (χ1v) is 5.80. The van der Waals surface area contributed by atoms with E-state index in [9.17, 15) is 9.59 Å². The van der Waals surface area contributed by atoms with Gasteiger partial charge < -0.3 is 0 Å². The van der Waals surface area contributed by atoms with Crippen molar-refractivity contribution in [1.29, 1.82) is 0 Å². The number of carbonyl (C=O) groups is 2. The number of carbonyl (C=O) groups excluding carboxylic acids is 2. The minimum absolute atomic E-state index is 0.00144. The lowest BCUT2D eigenvalue weighted by molar-refractivity contribution is 0.0706. The van der Waals surface area contributed by atoms with Gasteiger partial charge in [-0.3, -0.25) is 9.59 Å². The minimum Gasteiger partial charge on any atom is -0.293 e. The van der Waals surface area contributed by atoms with E-state index >= 15 is 0 Å². The number of unbranched alkanes of at least 4 members (excludes halogenated alkanes) is 1. The summed E-state index contributed by atoms with van der Waals surface area (Å²) in [7, 11) is 0. The predicted molar refractivity (Wildman–Crippen MR) is 62.7 cm³/mol. The maximum absolute atomic E-state index is 12.2. The summed E-state index contributed by atoms with van der Waals surface area (Å²) in [6.45, 7) is 3.85. The number of rotatable bonds is 3. The highest BCUT2D eigenvalue weighted by atomic mass is 16.2. The molecule has 16 heavy (non-hydrogen) atoms. The third-order valence-corrected chi connectivity index (χ3v) is 3.45. The summed E-state index contributed by atoms with van der Waals surface area (Å²) in [5.74, 6) is 0.00287. The summed E-state index contributed by atoms with van der Waals surface area (Å²) < 4.78 is 0. The zero-order valence-corrected chi connectivity index (χ0v) is 9.75. The van der Waals surface area contributed by atoms with Gasteiger partial charge in [0.15, 0.2) is 11.6 Å².